The van der Waals surface area contributed by atoms with Crippen molar-refractivity contribution in [3.8, 4) is 0 Å². The molecule has 1 heterocycles. The molecule has 102 valence electrons. The molecule has 0 aliphatic heterocycles. The molecule has 3 nitrogen and oxygen atoms in total. The second-order valence-electron chi connectivity index (χ2n) is 5.31. The summed E-state index contributed by atoms with van der Waals surface area (Å²) in [5, 5.41) is 14.9. The molecule has 2 rings (SSSR count). The Morgan fingerprint density at radius 2 is 2.11 bits per heavy atom. The van der Waals surface area contributed by atoms with Gasteiger partial charge in [-0.05, 0) is 39.0 Å². The number of hydrogen-bond donors (Lipinski definition) is 2. The number of fused-ring (bicyclic) bond motifs is 1. The first-order valence-corrected chi connectivity index (χ1v) is 7.84. The zero-order valence-electron chi connectivity index (χ0n) is 11.6. The van der Waals surface area contributed by atoms with Gasteiger partial charge in [0.05, 0.1) is 17.3 Å². The molecule has 1 aliphatic carbocycles. The third-order valence-electron chi connectivity index (χ3n) is 4.04. The predicted octanol–water partition coefficient (Wildman–Crippen LogP) is 2.83. The van der Waals surface area contributed by atoms with Crippen LogP contribution in [0.2, 0.25) is 0 Å². The maximum Gasteiger partial charge on any atom is 0.110 e. The van der Waals surface area contributed by atoms with Crippen molar-refractivity contribution in [2.75, 3.05) is 6.54 Å². The second kappa shape index (κ2) is 5.68. The summed E-state index contributed by atoms with van der Waals surface area (Å²) in [6.07, 6.45) is 5.19. The fourth-order valence-corrected chi connectivity index (χ4v) is 3.51. The van der Waals surface area contributed by atoms with Crippen molar-refractivity contribution < 1.29 is 5.11 Å². The van der Waals surface area contributed by atoms with E-state index in [0.717, 1.165) is 19.3 Å². The fraction of sp³-hybridized carbons (Fsp3) is 0.786. The van der Waals surface area contributed by atoms with Crippen LogP contribution in [-0.2, 0) is 12.8 Å². The molecule has 1 aromatic heterocycles. The molecule has 4 heteroatoms. The zero-order chi connectivity index (χ0) is 13.2. The van der Waals surface area contributed by atoms with E-state index in [9.17, 15) is 5.11 Å². The van der Waals surface area contributed by atoms with Gasteiger partial charge in [0.25, 0.3) is 0 Å². The fourth-order valence-electron chi connectivity index (χ4n) is 2.33. The number of thiazole rings is 1. The van der Waals surface area contributed by atoms with Gasteiger partial charge >= 0.3 is 0 Å². The molecule has 18 heavy (non-hydrogen) atoms. The van der Waals surface area contributed by atoms with Gasteiger partial charge in [-0.3, -0.25) is 0 Å². The molecule has 1 unspecified atom stereocenters. The Balaban J connectivity index is 1.93. The smallest absolute Gasteiger partial charge is 0.110 e. The molecule has 1 atom stereocenters. The molecule has 0 aromatic carbocycles. The minimum Gasteiger partial charge on any atom is -0.389 e. The molecular weight excluding hydrogens is 244 g/mol. The van der Waals surface area contributed by atoms with E-state index in [0.29, 0.717) is 6.54 Å². The lowest BCUT2D eigenvalue weighted by Crippen LogP contribution is -2.40. The molecule has 0 saturated carbocycles. The number of hydrogen-bond acceptors (Lipinski definition) is 4. The molecule has 1 aliphatic rings. The summed E-state index contributed by atoms with van der Waals surface area (Å²) >= 11 is 1.84. The highest BCUT2D eigenvalue weighted by Crippen LogP contribution is 2.30. The molecule has 0 amide bonds. The molecule has 1 aromatic rings. The van der Waals surface area contributed by atoms with E-state index in [2.05, 4.69) is 12.2 Å². The lowest BCUT2D eigenvalue weighted by atomic mass is 9.97. The van der Waals surface area contributed by atoms with Gasteiger partial charge in [0.1, 0.15) is 5.01 Å². The normalized spacial score (nSPS) is 16.9. The van der Waals surface area contributed by atoms with Crippen LogP contribution < -0.4 is 5.32 Å². The number of aromatic nitrogens is 1. The van der Waals surface area contributed by atoms with Crippen LogP contribution in [0.25, 0.3) is 0 Å². The predicted molar refractivity (Wildman–Crippen MR) is 76.1 cm³/mol. The number of rotatable bonds is 6. The minimum absolute atomic E-state index is 0.241. The number of aryl methyl sites for hydroxylation is 2. The van der Waals surface area contributed by atoms with Crippen molar-refractivity contribution in [2.24, 2.45) is 0 Å². The summed E-state index contributed by atoms with van der Waals surface area (Å²) in [6, 6.07) is 0.241. The average Bonchev–Trinajstić information content (AvgIpc) is 2.96. The first-order valence-electron chi connectivity index (χ1n) is 7.02. The van der Waals surface area contributed by atoms with Gasteiger partial charge in [-0.2, -0.15) is 0 Å². The molecule has 0 radical (unpaired) electrons. The van der Waals surface area contributed by atoms with E-state index < -0.39 is 5.60 Å². The Bertz CT molecular complexity index is 377. The summed E-state index contributed by atoms with van der Waals surface area (Å²) in [4.78, 5) is 6.19. The van der Waals surface area contributed by atoms with Gasteiger partial charge in [-0.15, -0.1) is 11.3 Å². The van der Waals surface area contributed by atoms with Gasteiger partial charge in [-0.25, -0.2) is 4.98 Å². The largest absolute Gasteiger partial charge is 0.389 e. The van der Waals surface area contributed by atoms with Gasteiger partial charge in [0, 0.05) is 11.4 Å². The van der Waals surface area contributed by atoms with E-state index in [1.165, 1.54) is 28.4 Å². The Labute approximate surface area is 114 Å². The van der Waals surface area contributed by atoms with Crippen molar-refractivity contribution in [2.45, 2.75) is 64.5 Å². The van der Waals surface area contributed by atoms with Crippen molar-refractivity contribution in [3.63, 3.8) is 0 Å². The quantitative estimate of drug-likeness (QED) is 0.834. The van der Waals surface area contributed by atoms with Gasteiger partial charge in [0.15, 0.2) is 0 Å². The first kappa shape index (κ1) is 14.0. The Hall–Kier alpha value is -0.450. The Morgan fingerprint density at radius 3 is 2.72 bits per heavy atom. The molecule has 2 N–H and O–H groups in total. The number of aliphatic hydroxyl groups is 1. The summed E-state index contributed by atoms with van der Waals surface area (Å²) in [7, 11) is 0. The maximum absolute atomic E-state index is 10.3. The topological polar surface area (TPSA) is 45.1 Å². The first-order chi connectivity index (χ1) is 8.58. The van der Waals surface area contributed by atoms with Crippen LogP contribution in [0.5, 0.6) is 0 Å². The SMILES string of the molecule is CCC(O)(CC)CNC(C)c1nc2c(s1)CCC2. The standard InChI is InChI=1S/C14H24N2OS/c1-4-14(17,5-2)9-15-10(3)13-16-11-7-6-8-12(11)18-13/h10,15,17H,4-9H2,1-3H3. The second-order valence-corrected chi connectivity index (χ2v) is 6.42. The van der Waals surface area contributed by atoms with Gasteiger partial charge < -0.3 is 10.4 Å². The van der Waals surface area contributed by atoms with Crippen LogP contribution >= 0.6 is 11.3 Å². The molecule has 0 fully saturated rings. The van der Waals surface area contributed by atoms with Crippen molar-refractivity contribution >= 4 is 11.3 Å². The van der Waals surface area contributed by atoms with Crippen molar-refractivity contribution in [1.29, 1.82) is 0 Å². The lowest BCUT2D eigenvalue weighted by Gasteiger charge is -2.27. The summed E-state index contributed by atoms with van der Waals surface area (Å²) in [5.74, 6) is 0. The third-order valence-corrected chi connectivity index (χ3v) is 5.38. The highest BCUT2D eigenvalue weighted by atomic mass is 32.1. The van der Waals surface area contributed by atoms with E-state index in [4.69, 9.17) is 4.98 Å². The maximum atomic E-state index is 10.3. The summed E-state index contributed by atoms with van der Waals surface area (Å²) in [6.45, 7) is 6.85. The van der Waals surface area contributed by atoms with E-state index in [-0.39, 0.29) is 6.04 Å². The lowest BCUT2D eigenvalue weighted by molar-refractivity contribution is 0.0303. The van der Waals surface area contributed by atoms with Crippen molar-refractivity contribution in [3.05, 3.63) is 15.6 Å². The average molecular weight is 268 g/mol. The Kier molecular flexibility index (Phi) is 4.41. The van der Waals surface area contributed by atoms with E-state index in [1.807, 2.05) is 25.2 Å². The van der Waals surface area contributed by atoms with Gasteiger partial charge in [-0.1, -0.05) is 13.8 Å². The zero-order valence-corrected chi connectivity index (χ0v) is 12.4. The van der Waals surface area contributed by atoms with E-state index in [1.54, 1.807) is 0 Å². The molecule has 0 saturated heterocycles. The number of nitrogens with zero attached hydrogens (tertiary/aromatic N) is 1. The monoisotopic (exact) mass is 268 g/mol. The summed E-state index contributed by atoms with van der Waals surface area (Å²) in [5.41, 5.74) is 0.735. The molecule has 0 bridgehead atoms. The third kappa shape index (κ3) is 2.92. The number of nitrogens with one attached hydrogen (secondary N) is 1. The van der Waals surface area contributed by atoms with Crippen LogP contribution in [0, 0.1) is 0 Å². The van der Waals surface area contributed by atoms with Crippen LogP contribution in [0.1, 0.15) is 61.7 Å². The van der Waals surface area contributed by atoms with Crippen LogP contribution in [0.3, 0.4) is 0 Å². The van der Waals surface area contributed by atoms with Crippen molar-refractivity contribution in [1.82, 2.24) is 10.3 Å². The van der Waals surface area contributed by atoms with Gasteiger partial charge in [0.2, 0.25) is 0 Å². The highest BCUT2D eigenvalue weighted by Gasteiger charge is 2.24. The minimum atomic E-state index is -0.575. The molecular formula is C14H24N2OS. The summed E-state index contributed by atoms with van der Waals surface area (Å²) < 4.78 is 0. The Morgan fingerprint density at radius 1 is 1.39 bits per heavy atom. The van der Waals surface area contributed by atoms with E-state index >= 15 is 0 Å². The molecule has 0 spiro atoms. The van der Waals surface area contributed by atoms with Crippen LogP contribution in [-0.4, -0.2) is 22.2 Å². The van der Waals surface area contributed by atoms with Crippen LogP contribution in [0.4, 0.5) is 0 Å². The van der Waals surface area contributed by atoms with Crippen LogP contribution in [0.15, 0.2) is 0 Å². The highest BCUT2D eigenvalue weighted by molar-refractivity contribution is 7.11.